The third kappa shape index (κ3) is 3.70. The normalized spacial score (nSPS) is 19.8. The van der Waals surface area contributed by atoms with Gasteiger partial charge in [-0.2, -0.15) is 0 Å². The van der Waals surface area contributed by atoms with Crippen molar-refractivity contribution < 1.29 is 18.8 Å². The van der Waals surface area contributed by atoms with E-state index in [-0.39, 0.29) is 5.92 Å². The van der Waals surface area contributed by atoms with Crippen LogP contribution in [0, 0.1) is 0 Å². The molecular formula is C18H30BNO4. The molecule has 0 unspecified atom stereocenters. The molecule has 0 amide bonds. The molecule has 0 spiro atoms. The highest BCUT2D eigenvalue weighted by Gasteiger charge is 2.52. The Hall–Kier alpha value is -1.27. The van der Waals surface area contributed by atoms with E-state index in [1.807, 2.05) is 54.7 Å². The first-order valence-electron chi connectivity index (χ1n) is 8.54. The minimum absolute atomic E-state index is 0.239. The Balaban J connectivity index is 2.36. The number of hydrogen-bond donors (Lipinski definition) is 0. The lowest BCUT2D eigenvalue weighted by Gasteiger charge is -2.32. The smallest absolute Gasteiger partial charge is 0.443 e. The maximum Gasteiger partial charge on any atom is 0.496 e. The molecule has 1 fully saturated rings. The fourth-order valence-corrected chi connectivity index (χ4v) is 2.56. The second-order valence-corrected chi connectivity index (χ2v) is 8.80. The first kappa shape index (κ1) is 19.1. The minimum Gasteiger partial charge on any atom is -0.443 e. The predicted octanol–water partition coefficient (Wildman–Crippen LogP) is 3.69. The highest BCUT2D eigenvalue weighted by molar-refractivity contribution is 6.62. The van der Waals surface area contributed by atoms with E-state index in [9.17, 15) is 4.79 Å². The molecule has 5 nitrogen and oxygen atoms in total. The van der Waals surface area contributed by atoms with Crippen molar-refractivity contribution in [2.75, 3.05) is 0 Å². The van der Waals surface area contributed by atoms with Crippen LogP contribution in [0.5, 0.6) is 0 Å². The summed E-state index contributed by atoms with van der Waals surface area (Å²) < 4.78 is 19.2. The number of ether oxygens (including phenoxy) is 1. The molecule has 1 aromatic heterocycles. The van der Waals surface area contributed by atoms with Gasteiger partial charge in [-0.25, -0.2) is 4.79 Å². The number of carbonyl (C=O) groups is 1. The Morgan fingerprint density at radius 1 is 1.12 bits per heavy atom. The predicted molar refractivity (Wildman–Crippen MR) is 95.9 cm³/mol. The summed E-state index contributed by atoms with van der Waals surface area (Å²) in [5.41, 5.74) is 0.540. The van der Waals surface area contributed by atoms with Gasteiger partial charge in [0.1, 0.15) is 5.60 Å². The van der Waals surface area contributed by atoms with Crippen LogP contribution in [0.2, 0.25) is 0 Å². The lowest BCUT2D eigenvalue weighted by Crippen LogP contribution is -2.41. The largest absolute Gasteiger partial charge is 0.496 e. The van der Waals surface area contributed by atoms with Gasteiger partial charge in [-0.15, -0.1) is 0 Å². The summed E-state index contributed by atoms with van der Waals surface area (Å²) in [5, 5.41) is 0. The molecule has 134 valence electrons. The standard InChI is InChI=1S/C18H30BNO4/c1-12(2)13-10-20(15(21)22-16(3,4)5)11-14(13)19-23-17(6,7)18(8,9)24-19/h10-12H,1-9H3. The number of carbonyl (C=O) groups excluding carboxylic acids is 1. The Morgan fingerprint density at radius 2 is 1.62 bits per heavy atom. The topological polar surface area (TPSA) is 49.7 Å². The summed E-state index contributed by atoms with van der Waals surface area (Å²) >= 11 is 0. The monoisotopic (exact) mass is 335 g/mol. The molecule has 2 heterocycles. The van der Waals surface area contributed by atoms with E-state index in [4.69, 9.17) is 14.0 Å². The molecular weight excluding hydrogens is 305 g/mol. The van der Waals surface area contributed by atoms with Gasteiger partial charge in [-0.1, -0.05) is 13.8 Å². The molecule has 24 heavy (non-hydrogen) atoms. The third-order valence-electron chi connectivity index (χ3n) is 4.62. The lowest BCUT2D eigenvalue weighted by atomic mass is 9.76. The van der Waals surface area contributed by atoms with Crippen molar-refractivity contribution in [2.24, 2.45) is 0 Å². The molecule has 2 rings (SSSR count). The summed E-state index contributed by atoms with van der Waals surface area (Å²) in [4.78, 5) is 12.4. The maximum atomic E-state index is 12.4. The average molecular weight is 335 g/mol. The van der Waals surface area contributed by atoms with Crippen LogP contribution in [0.3, 0.4) is 0 Å². The van der Waals surface area contributed by atoms with Crippen molar-refractivity contribution in [1.82, 2.24) is 4.57 Å². The number of hydrogen-bond acceptors (Lipinski definition) is 4. The van der Waals surface area contributed by atoms with Crippen LogP contribution < -0.4 is 5.46 Å². The van der Waals surface area contributed by atoms with E-state index >= 15 is 0 Å². The van der Waals surface area contributed by atoms with Crippen LogP contribution in [0.15, 0.2) is 12.4 Å². The van der Waals surface area contributed by atoms with Crippen molar-refractivity contribution in [1.29, 1.82) is 0 Å². The molecule has 0 aliphatic carbocycles. The fourth-order valence-electron chi connectivity index (χ4n) is 2.56. The second kappa shape index (κ2) is 5.92. The van der Waals surface area contributed by atoms with Crippen LogP contribution in [-0.4, -0.2) is 34.6 Å². The maximum absolute atomic E-state index is 12.4. The van der Waals surface area contributed by atoms with E-state index in [1.54, 1.807) is 6.20 Å². The van der Waals surface area contributed by atoms with E-state index in [0.29, 0.717) is 0 Å². The van der Waals surface area contributed by atoms with Crippen LogP contribution in [0.25, 0.3) is 0 Å². The fraction of sp³-hybridized carbons (Fsp3) is 0.722. The molecule has 0 saturated carbocycles. The number of nitrogens with zero attached hydrogens (tertiary/aromatic N) is 1. The summed E-state index contributed by atoms with van der Waals surface area (Å²) in [6.07, 6.45) is 3.19. The summed E-state index contributed by atoms with van der Waals surface area (Å²) in [6, 6.07) is 0. The molecule has 0 N–H and O–H groups in total. The highest BCUT2D eigenvalue weighted by Crippen LogP contribution is 2.37. The molecule has 0 bridgehead atoms. The van der Waals surface area contributed by atoms with Gasteiger partial charge in [0.15, 0.2) is 0 Å². The molecule has 1 saturated heterocycles. The van der Waals surface area contributed by atoms with Gasteiger partial charge in [0.2, 0.25) is 0 Å². The summed E-state index contributed by atoms with van der Waals surface area (Å²) in [6.45, 7) is 17.8. The lowest BCUT2D eigenvalue weighted by molar-refractivity contribution is 0.00578. The SMILES string of the molecule is CC(C)c1cn(C(=O)OC(C)(C)C)cc1B1OC(C)(C)C(C)(C)O1. The van der Waals surface area contributed by atoms with Crippen molar-refractivity contribution in [3.05, 3.63) is 18.0 Å². The van der Waals surface area contributed by atoms with Crippen molar-refractivity contribution >= 4 is 18.7 Å². The van der Waals surface area contributed by atoms with E-state index < -0.39 is 30.0 Å². The first-order valence-corrected chi connectivity index (χ1v) is 8.54. The molecule has 0 radical (unpaired) electrons. The van der Waals surface area contributed by atoms with Gasteiger partial charge in [-0.05, 0) is 59.9 Å². The zero-order valence-electron chi connectivity index (χ0n) is 16.4. The molecule has 0 atom stereocenters. The van der Waals surface area contributed by atoms with Gasteiger partial charge in [0.05, 0.1) is 11.2 Å². The summed E-state index contributed by atoms with van der Waals surface area (Å²) in [7, 11) is -0.490. The number of aromatic nitrogens is 1. The van der Waals surface area contributed by atoms with E-state index in [2.05, 4.69) is 13.8 Å². The molecule has 1 aliphatic rings. The average Bonchev–Trinajstić information content (AvgIpc) is 2.87. The minimum atomic E-state index is -0.538. The first-order chi connectivity index (χ1) is 10.7. The molecule has 1 aromatic rings. The van der Waals surface area contributed by atoms with E-state index in [1.165, 1.54) is 4.57 Å². The highest BCUT2D eigenvalue weighted by atomic mass is 16.7. The van der Waals surface area contributed by atoms with E-state index in [0.717, 1.165) is 11.0 Å². The molecule has 0 aromatic carbocycles. The Kier molecular flexibility index (Phi) is 4.70. The summed E-state index contributed by atoms with van der Waals surface area (Å²) in [5.74, 6) is 0.239. The zero-order chi connectivity index (χ0) is 18.5. The van der Waals surface area contributed by atoms with Crippen LogP contribution in [-0.2, 0) is 14.0 Å². The Labute approximate surface area is 145 Å². The van der Waals surface area contributed by atoms with Gasteiger partial charge < -0.3 is 14.0 Å². The Morgan fingerprint density at radius 3 is 2.04 bits per heavy atom. The molecule has 1 aliphatic heterocycles. The molecule has 6 heteroatoms. The van der Waals surface area contributed by atoms with Crippen LogP contribution in [0.4, 0.5) is 4.79 Å². The Bertz CT molecular complexity index is 609. The third-order valence-corrected chi connectivity index (χ3v) is 4.62. The number of rotatable bonds is 2. The quantitative estimate of drug-likeness (QED) is 0.774. The zero-order valence-corrected chi connectivity index (χ0v) is 16.4. The van der Waals surface area contributed by atoms with Gasteiger partial charge in [0, 0.05) is 17.9 Å². The van der Waals surface area contributed by atoms with Gasteiger partial charge >= 0.3 is 13.2 Å². The van der Waals surface area contributed by atoms with Crippen LogP contribution in [0.1, 0.15) is 73.8 Å². The van der Waals surface area contributed by atoms with Gasteiger partial charge in [0.25, 0.3) is 0 Å². The van der Waals surface area contributed by atoms with Crippen molar-refractivity contribution in [3.63, 3.8) is 0 Å². The van der Waals surface area contributed by atoms with Crippen molar-refractivity contribution in [3.8, 4) is 0 Å². The van der Waals surface area contributed by atoms with Crippen LogP contribution >= 0.6 is 0 Å². The second-order valence-electron chi connectivity index (χ2n) is 8.80. The van der Waals surface area contributed by atoms with Crippen molar-refractivity contribution in [2.45, 2.75) is 85.0 Å². The van der Waals surface area contributed by atoms with Gasteiger partial charge in [-0.3, -0.25) is 4.57 Å².